The quantitative estimate of drug-likeness (QED) is 0.679. The summed E-state index contributed by atoms with van der Waals surface area (Å²) in [5.74, 6) is -1.00. The highest BCUT2D eigenvalue weighted by Crippen LogP contribution is 2.34. The molecule has 2 rings (SSSR count). The molecule has 0 radical (unpaired) electrons. The van der Waals surface area contributed by atoms with Crippen LogP contribution in [0.5, 0.6) is 0 Å². The van der Waals surface area contributed by atoms with Crippen LogP contribution in [0.15, 0.2) is 27.9 Å². The van der Waals surface area contributed by atoms with Gasteiger partial charge in [0.25, 0.3) is 0 Å². The van der Waals surface area contributed by atoms with Gasteiger partial charge in [-0.05, 0) is 12.1 Å². The third-order valence-corrected chi connectivity index (χ3v) is 5.31. The molecule has 1 heterocycles. The third kappa shape index (κ3) is 4.41. The molecule has 4 nitrogen and oxygen atoms in total. The molecule has 0 aliphatic heterocycles. The molecule has 1 unspecified atom stereocenters. The van der Waals surface area contributed by atoms with E-state index in [2.05, 4.69) is 5.10 Å². The summed E-state index contributed by atoms with van der Waals surface area (Å²) in [5.41, 5.74) is -3.00. The van der Waals surface area contributed by atoms with Gasteiger partial charge in [0, 0.05) is 18.7 Å². The summed E-state index contributed by atoms with van der Waals surface area (Å²) in [7, 11) is -1.23. The van der Waals surface area contributed by atoms with E-state index in [9.17, 15) is 31.0 Å². The molecular formula is C14H9Cl2F5N2O2S. The zero-order chi connectivity index (χ0) is 19.8. The SMILES string of the molecule is Cn1nc(-c2cc(S(=O)CC(F)F)c(Cl)cc2Cl)c(=O)cc1C(F)(F)F. The third-order valence-electron chi connectivity index (χ3n) is 3.19. The van der Waals surface area contributed by atoms with E-state index in [1.807, 2.05) is 0 Å². The molecule has 0 fully saturated rings. The first kappa shape index (κ1) is 20.8. The van der Waals surface area contributed by atoms with E-state index in [1.165, 1.54) is 0 Å². The van der Waals surface area contributed by atoms with Crippen LogP contribution in [0.4, 0.5) is 22.0 Å². The van der Waals surface area contributed by atoms with Crippen LogP contribution in [0.3, 0.4) is 0 Å². The van der Waals surface area contributed by atoms with Gasteiger partial charge in [-0.3, -0.25) is 13.7 Å². The van der Waals surface area contributed by atoms with Crippen molar-refractivity contribution in [1.82, 2.24) is 9.78 Å². The maximum absolute atomic E-state index is 12.8. The van der Waals surface area contributed by atoms with E-state index in [0.29, 0.717) is 10.7 Å². The fraction of sp³-hybridized carbons (Fsp3) is 0.286. The second kappa shape index (κ2) is 7.61. The van der Waals surface area contributed by atoms with Crippen LogP contribution >= 0.6 is 23.2 Å². The molecule has 0 aliphatic carbocycles. The van der Waals surface area contributed by atoms with E-state index in [1.54, 1.807) is 0 Å². The minimum Gasteiger partial charge on any atom is -0.287 e. The van der Waals surface area contributed by atoms with Crippen LogP contribution < -0.4 is 5.43 Å². The Balaban J connectivity index is 2.64. The number of hydrogen-bond donors (Lipinski definition) is 0. The van der Waals surface area contributed by atoms with Gasteiger partial charge in [-0.2, -0.15) is 18.3 Å². The van der Waals surface area contributed by atoms with Crippen LogP contribution in [0.2, 0.25) is 10.0 Å². The smallest absolute Gasteiger partial charge is 0.287 e. The van der Waals surface area contributed by atoms with Gasteiger partial charge in [0.05, 0.1) is 31.5 Å². The highest BCUT2D eigenvalue weighted by atomic mass is 35.5. The fourth-order valence-corrected chi connectivity index (χ4v) is 3.75. The molecule has 0 amide bonds. The molecule has 0 saturated carbocycles. The van der Waals surface area contributed by atoms with E-state index >= 15 is 0 Å². The van der Waals surface area contributed by atoms with Gasteiger partial charge in [0.15, 0.2) is 0 Å². The van der Waals surface area contributed by atoms with Crippen molar-refractivity contribution < 1.29 is 26.2 Å². The van der Waals surface area contributed by atoms with Crippen molar-refractivity contribution in [2.24, 2.45) is 7.05 Å². The number of halogens is 7. The van der Waals surface area contributed by atoms with E-state index < -0.39 is 46.0 Å². The van der Waals surface area contributed by atoms with Crippen molar-refractivity contribution in [3.63, 3.8) is 0 Å². The second-order valence-corrected chi connectivity index (χ2v) is 7.31. The summed E-state index contributed by atoms with van der Waals surface area (Å²) >= 11 is 11.8. The first-order valence-electron chi connectivity index (χ1n) is 6.73. The zero-order valence-corrected chi connectivity index (χ0v) is 15.1. The van der Waals surface area contributed by atoms with Gasteiger partial charge in [-0.25, -0.2) is 8.78 Å². The first-order valence-corrected chi connectivity index (χ1v) is 8.80. The van der Waals surface area contributed by atoms with Crippen molar-refractivity contribution in [3.05, 3.63) is 44.2 Å². The highest BCUT2D eigenvalue weighted by molar-refractivity contribution is 7.85. The highest BCUT2D eigenvalue weighted by Gasteiger charge is 2.34. The van der Waals surface area contributed by atoms with Gasteiger partial charge >= 0.3 is 6.18 Å². The second-order valence-electron chi connectivity index (χ2n) is 5.03. The van der Waals surface area contributed by atoms with Gasteiger partial charge in [-0.1, -0.05) is 23.2 Å². The molecule has 0 spiro atoms. The fourth-order valence-electron chi connectivity index (χ4n) is 2.08. The number of alkyl halides is 5. The molecule has 1 aromatic carbocycles. The standard InChI is InChI=1S/C14H9Cl2F5N2O2S/c1-23-11(14(19,20)21)4-9(24)13(22-23)6-2-10(8(16)3-7(6)15)26(25)5-12(17)18/h2-4,12H,5H2,1H3. The lowest BCUT2D eigenvalue weighted by Gasteiger charge is -2.14. The van der Waals surface area contributed by atoms with E-state index in [-0.39, 0.29) is 20.5 Å². The Labute approximate surface area is 156 Å². The molecular weight excluding hydrogens is 426 g/mol. The molecule has 0 aliphatic rings. The van der Waals surface area contributed by atoms with Crippen molar-refractivity contribution >= 4 is 34.0 Å². The lowest BCUT2D eigenvalue weighted by molar-refractivity contribution is -0.144. The zero-order valence-electron chi connectivity index (χ0n) is 12.8. The topological polar surface area (TPSA) is 52.0 Å². The van der Waals surface area contributed by atoms with Crippen molar-refractivity contribution in [2.45, 2.75) is 17.5 Å². The van der Waals surface area contributed by atoms with Crippen LogP contribution in [-0.4, -0.2) is 26.2 Å². The predicted molar refractivity (Wildman–Crippen MR) is 87.2 cm³/mol. The Hall–Kier alpha value is -1.52. The Morgan fingerprint density at radius 1 is 1.19 bits per heavy atom. The average molecular weight is 435 g/mol. The molecule has 0 bridgehead atoms. The Kier molecular flexibility index (Phi) is 6.09. The summed E-state index contributed by atoms with van der Waals surface area (Å²) in [6, 6.07) is 2.42. The van der Waals surface area contributed by atoms with Crippen LogP contribution in [0.25, 0.3) is 11.3 Å². The largest absolute Gasteiger partial charge is 0.433 e. The number of benzene rings is 1. The maximum atomic E-state index is 12.8. The predicted octanol–water partition coefficient (Wildman–Crippen LogP) is 4.15. The normalized spacial score (nSPS) is 13.3. The van der Waals surface area contributed by atoms with Crippen LogP contribution in [0.1, 0.15) is 5.69 Å². The lowest BCUT2D eigenvalue weighted by atomic mass is 10.1. The van der Waals surface area contributed by atoms with Gasteiger partial charge in [0.2, 0.25) is 11.9 Å². The number of rotatable bonds is 4. The Morgan fingerprint density at radius 2 is 1.81 bits per heavy atom. The minimum atomic E-state index is -4.80. The number of nitrogens with zero attached hydrogens (tertiary/aromatic N) is 2. The van der Waals surface area contributed by atoms with Gasteiger partial charge in [0.1, 0.15) is 11.4 Å². The maximum Gasteiger partial charge on any atom is 0.433 e. The Bertz CT molecular complexity index is 931. The van der Waals surface area contributed by atoms with E-state index in [0.717, 1.165) is 19.2 Å². The van der Waals surface area contributed by atoms with Crippen LogP contribution in [0, 0.1) is 0 Å². The van der Waals surface area contributed by atoms with Crippen molar-refractivity contribution in [1.29, 1.82) is 0 Å². The van der Waals surface area contributed by atoms with Gasteiger partial charge in [-0.15, -0.1) is 0 Å². The molecule has 0 N–H and O–H groups in total. The van der Waals surface area contributed by atoms with Crippen molar-refractivity contribution in [2.75, 3.05) is 5.75 Å². The molecule has 12 heteroatoms. The first-order chi connectivity index (χ1) is 11.9. The van der Waals surface area contributed by atoms with Crippen molar-refractivity contribution in [3.8, 4) is 11.3 Å². The minimum absolute atomic E-state index is 0.155. The van der Waals surface area contributed by atoms with Crippen LogP contribution in [-0.2, 0) is 24.0 Å². The molecule has 26 heavy (non-hydrogen) atoms. The summed E-state index contributed by atoms with van der Waals surface area (Å²) in [6.45, 7) is 0. The molecule has 0 saturated heterocycles. The number of hydrogen-bond acceptors (Lipinski definition) is 3. The van der Waals surface area contributed by atoms with Gasteiger partial charge < -0.3 is 0 Å². The number of aromatic nitrogens is 2. The summed E-state index contributed by atoms with van der Waals surface area (Å²) in [4.78, 5) is 11.8. The lowest BCUT2D eigenvalue weighted by Crippen LogP contribution is -2.22. The summed E-state index contributed by atoms with van der Waals surface area (Å²) < 4.78 is 75.8. The summed E-state index contributed by atoms with van der Waals surface area (Å²) in [6.07, 6.45) is -7.67. The number of aryl methyl sites for hydroxylation is 1. The average Bonchev–Trinajstić information content (AvgIpc) is 2.47. The molecule has 1 atom stereocenters. The molecule has 1 aromatic heterocycles. The Morgan fingerprint density at radius 3 is 2.35 bits per heavy atom. The molecule has 142 valence electrons. The molecule has 2 aromatic rings. The van der Waals surface area contributed by atoms with E-state index in [4.69, 9.17) is 23.2 Å². The summed E-state index contributed by atoms with van der Waals surface area (Å²) in [5, 5.41) is 3.24. The monoisotopic (exact) mass is 434 g/mol.